The molecule has 0 aliphatic carbocycles. The van der Waals surface area contributed by atoms with Crippen molar-refractivity contribution in [2.75, 3.05) is 5.32 Å². The molecule has 5 nitrogen and oxygen atoms in total. The van der Waals surface area contributed by atoms with E-state index in [1.54, 1.807) is 13.0 Å². The Kier molecular flexibility index (Phi) is 3.16. The highest BCUT2D eigenvalue weighted by Crippen LogP contribution is 2.10. The lowest BCUT2D eigenvalue weighted by molar-refractivity contribution is -0.682. The van der Waals surface area contributed by atoms with Crippen LogP contribution in [0.15, 0.2) is 53.3 Å². The maximum Gasteiger partial charge on any atom is 0.291 e. The summed E-state index contributed by atoms with van der Waals surface area (Å²) in [6.45, 7) is 2.01. The molecule has 0 aliphatic rings. The Morgan fingerprint density at radius 3 is 2.85 bits per heavy atom. The summed E-state index contributed by atoms with van der Waals surface area (Å²) >= 11 is 0. The first kappa shape index (κ1) is 12.3. The van der Waals surface area contributed by atoms with Crippen LogP contribution in [-0.4, -0.2) is 11.1 Å². The molecular weight excluding hydrogens is 254 g/mol. The number of amides is 1. The van der Waals surface area contributed by atoms with Gasteiger partial charge in [0.2, 0.25) is 6.54 Å². The summed E-state index contributed by atoms with van der Waals surface area (Å²) in [6.07, 6.45) is 3.83. The van der Waals surface area contributed by atoms with E-state index in [4.69, 9.17) is 4.52 Å². The van der Waals surface area contributed by atoms with E-state index in [1.807, 2.05) is 47.3 Å². The predicted octanol–water partition coefficient (Wildman–Crippen LogP) is 2.06. The summed E-state index contributed by atoms with van der Waals surface area (Å²) in [4.78, 5) is 11.9. The molecule has 3 aromatic rings. The number of nitrogens with one attached hydrogen (secondary N) is 1. The van der Waals surface area contributed by atoms with E-state index in [0.29, 0.717) is 11.6 Å². The fourth-order valence-electron chi connectivity index (χ4n) is 2.05. The molecule has 0 aliphatic heterocycles. The maximum atomic E-state index is 11.9. The molecule has 0 fully saturated rings. The summed E-state index contributed by atoms with van der Waals surface area (Å²) in [5.74, 6) is 0.964. The van der Waals surface area contributed by atoms with Crippen LogP contribution in [0.25, 0.3) is 10.8 Å². The second-order valence-corrected chi connectivity index (χ2v) is 4.62. The molecule has 2 heterocycles. The molecule has 5 heteroatoms. The van der Waals surface area contributed by atoms with E-state index in [2.05, 4.69) is 10.5 Å². The van der Waals surface area contributed by atoms with Gasteiger partial charge in [0, 0.05) is 17.5 Å². The topological polar surface area (TPSA) is 59.0 Å². The molecule has 0 unspecified atom stereocenters. The Morgan fingerprint density at radius 2 is 2.10 bits per heavy atom. The molecule has 1 aromatic carbocycles. The highest BCUT2D eigenvalue weighted by Gasteiger charge is 2.12. The van der Waals surface area contributed by atoms with E-state index in [0.717, 1.165) is 10.8 Å². The van der Waals surface area contributed by atoms with Crippen LogP contribution in [-0.2, 0) is 11.3 Å². The number of nitrogens with zero attached hydrogens (tertiary/aromatic N) is 2. The van der Waals surface area contributed by atoms with Gasteiger partial charge in [-0.1, -0.05) is 23.4 Å². The van der Waals surface area contributed by atoms with Crippen molar-refractivity contribution in [3.63, 3.8) is 0 Å². The number of carbonyl (C=O) groups is 1. The molecule has 0 saturated heterocycles. The second kappa shape index (κ2) is 5.13. The first-order valence-corrected chi connectivity index (χ1v) is 6.32. The summed E-state index contributed by atoms with van der Waals surface area (Å²) < 4.78 is 6.74. The zero-order valence-electron chi connectivity index (χ0n) is 11.0. The third-order valence-electron chi connectivity index (χ3n) is 2.97. The average molecular weight is 268 g/mol. The largest absolute Gasteiger partial charge is 0.360 e. The molecule has 20 heavy (non-hydrogen) atoms. The average Bonchev–Trinajstić information content (AvgIpc) is 2.83. The van der Waals surface area contributed by atoms with Crippen LogP contribution >= 0.6 is 0 Å². The normalized spacial score (nSPS) is 10.7. The Bertz CT molecular complexity index is 764. The van der Waals surface area contributed by atoms with E-state index < -0.39 is 0 Å². The first-order chi connectivity index (χ1) is 9.70. The number of rotatable bonds is 3. The van der Waals surface area contributed by atoms with Gasteiger partial charge in [0.15, 0.2) is 18.2 Å². The zero-order valence-corrected chi connectivity index (χ0v) is 11.0. The van der Waals surface area contributed by atoms with Gasteiger partial charge >= 0.3 is 0 Å². The monoisotopic (exact) mass is 268 g/mol. The number of benzene rings is 1. The van der Waals surface area contributed by atoms with E-state index in [-0.39, 0.29) is 12.5 Å². The van der Waals surface area contributed by atoms with Gasteiger partial charge in [0.25, 0.3) is 5.91 Å². The minimum atomic E-state index is -0.140. The fourth-order valence-corrected chi connectivity index (χ4v) is 2.05. The lowest BCUT2D eigenvalue weighted by Gasteiger charge is -1.99. The van der Waals surface area contributed by atoms with Gasteiger partial charge in [-0.15, -0.1) is 0 Å². The lowest BCUT2D eigenvalue weighted by Crippen LogP contribution is -2.39. The number of carbonyl (C=O) groups excluding carboxylic acids is 1. The Morgan fingerprint density at radius 1 is 1.30 bits per heavy atom. The predicted molar refractivity (Wildman–Crippen MR) is 74.0 cm³/mol. The molecular formula is C15H14N3O2+. The number of hydrogen-bond donors (Lipinski definition) is 1. The molecule has 2 aromatic heterocycles. The smallest absolute Gasteiger partial charge is 0.291 e. The van der Waals surface area contributed by atoms with Crippen LogP contribution in [0.2, 0.25) is 0 Å². The summed E-state index contributed by atoms with van der Waals surface area (Å²) in [6, 6.07) is 11.7. The van der Waals surface area contributed by atoms with Gasteiger partial charge in [-0.25, -0.2) is 0 Å². The van der Waals surface area contributed by atoms with Crippen molar-refractivity contribution in [2.45, 2.75) is 13.5 Å². The SMILES string of the molecule is Cc1cc(NC(=O)C[n+]2ccc3ccccc3c2)no1. The molecule has 0 atom stereocenters. The van der Waals surface area contributed by atoms with Crippen LogP contribution < -0.4 is 9.88 Å². The van der Waals surface area contributed by atoms with Crippen molar-refractivity contribution in [1.29, 1.82) is 0 Å². The molecule has 1 amide bonds. The van der Waals surface area contributed by atoms with Gasteiger partial charge in [-0.3, -0.25) is 4.79 Å². The van der Waals surface area contributed by atoms with Crippen LogP contribution in [0, 0.1) is 6.92 Å². The Balaban J connectivity index is 1.73. The number of aromatic nitrogens is 2. The van der Waals surface area contributed by atoms with Crippen molar-refractivity contribution in [1.82, 2.24) is 5.16 Å². The third kappa shape index (κ3) is 2.66. The quantitative estimate of drug-likeness (QED) is 0.740. The van der Waals surface area contributed by atoms with Gasteiger partial charge in [-0.05, 0) is 18.4 Å². The molecule has 0 radical (unpaired) electrons. The maximum absolute atomic E-state index is 11.9. The van der Waals surface area contributed by atoms with Crippen LogP contribution in [0.4, 0.5) is 5.82 Å². The van der Waals surface area contributed by atoms with Crippen molar-refractivity contribution in [3.05, 3.63) is 54.6 Å². The summed E-state index contributed by atoms with van der Waals surface area (Å²) in [7, 11) is 0. The van der Waals surface area contributed by atoms with E-state index in [1.165, 1.54) is 0 Å². The van der Waals surface area contributed by atoms with Gasteiger partial charge < -0.3 is 9.84 Å². The Labute approximate surface area is 115 Å². The standard InChI is InChI=1S/C15H13N3O2/c1-11-8-14(17-20-11)16-15(19)10-18-7-6-12-4-2-3-5-13(12)9-18/h2-9H,10H2,1H3/p+1. The van der Waals surface area contributed by atoms with Crippen molar-refractivity contribution < 1.29 is 13.9 Å². The highest BCUT2D eigenvalue weighted by atomic mass is 16.5. The van der Waals surface area contributed by atoms with Gasteiger partial charge in [0.05, 0.1) is 0 Å². The highest BCUT2D eigenvalue weighted by molar-refractivity contribution is 5.88. The third-order valence-corrected chi connectivity index (χ3v) is 2.97. The molecule has 100 valence electrons. The van der Waals surface area contributed by atoms with Crippen LogP contribution in [0.3, 0.4) is 0 Å². The second-order valence-electron chi connectivity index (χ2n) is 4.62. The molecule has 3 rings (SSSR count). The minimum Gasteiger partial charge on any atom is -0.360 e. The molecule has 0 saturated carbocycles. The van der Waals surface area contributed by atoms with Crippen molar-refractivity contribution in [3.8, 4) is 0 Å². The number of fused-ring (bicyclic) bond motifs is 1. The molecule has 1 N–H and O–H groups in total. The number of pyridine rings is 1. The van der Waals surface area contributed by atoms with Gasteiger partial charge in [0.1, 0.15) is 5.76 Å². The molecule has 0 bridgehead atoms. The fraction of sp³-hybridized carbons (Fsp3) is 0.133. The number of aryl methyl sites for hydroxylation is 1. The van der Waals surface area contributed by atoms with Crippen LogP contribution in [0.5, 0.6) is 0 Å². The first-order valence-electron chi connectivity index (χ1n) is 6.32. The summed E-state index contributed by atoms with van der Waals surface area (Å²) in [5, 5.41) is 8.67. The summed E-state index contributed by atoms with van der Waals surface area (Å²) in [5.41, 5.74) is 0. The van der Waals surface area contributed by atoms with Gasteiger partial charge in [-0.2, -0.15) is 4.57 Å². The van der Waals surface area contributed by atoms with Crippen molar-refractivity contribution in [2.24, 2.45) is 0 Å². The van der Waals surface area contributed by atoms with E-state index >= 15 is 0 Å². The minimum absolute atomic E-state index is 0.140. The van der Waals surface area contributed by atoms with Crippen LogP contribution in [0.1, 0.15) is 5.76 Å². The Hall–Kier alpha value is -2.69. The van der Waals surface area contributed by atoms with E-state index in [9.17, 15) is 4.79 Å². The zero-order chi connectivity index (χ0) is 13.9. The number of hydrogen-bond acceptors (Lipinski definition) is 3. The molecule has 0 spiro atoms. The van der Waals surface area contributed by atoms with Crippen molar-refractivity contribution >= 4 is 22.5 Å². The number of anilines is 1. The lowest BCUT2D eigenvalue weighted by atomic mass is 10.2.